The van der Waals surface area contributed by atoms with Crippen molar-refractivity contribution in [2.75, 3.05) is 32.2 Å². The Bertz CT molecular complexity index is 601. The molecule has 1 aromatic heterocycles. The maximum absolute atomic E-state index is 12.5. The molecule has 1 saturated heterocycles. The smallest absolute Gasteiger partial charge is 0.287 e. The molecule has 2 fully saturated rings. The van der Waals surface area contributed by atoms with Gasteiger partial charge in [0.1, 0.15) is 5.02 Å². The van der Waals surface area contributed by atoms with Crippen LogP contribution in [0.5, 0.6) is 0 Å². The molecule has 0 radical (unpaired) electrons. The Morgan fingerprint density at radius 3 is 2.92 bits per heavy atom. The third-order valence-electron chi connectivity index (χ3n) is 5.13. The zero-order valence-corrected chi connectivity index (χ0v) is 14.9. The van der Waals surface area contributed by atoms with Crippen molar-refractivity contribution in [1.29, 1.82) is 0 Å². The van der Waals surface area contributed by atoms with Gasteiger partial charge in [-0.05, 0) is 19.3 Å². The van der Waals surface area contributed by atoms with Gasteiger partial charge in [0.2, 0.25) is 0 Å². The number of ether oxygens (including phenoxy) is 2. The second-order valence-corrected chi connectivity index (χ2v) is 7.07. The highest BCUT2D eigenvalue weighted by atomic mass is 35.5. The van der Waals surface area contributed by atoms with Crippen molar-refractivity contribution in [1.82, 2.24) is 9.78 Å². The van der Waals surface area contributed by atoms with Crippen LogP contribution in [0.1, 0.15) is 44.6 Å². The molecule has 1 aliphatic carbocycles. The van der Waals surface area contributed by atoms with Crippen molar-refractivity contribution < 1.29 is 9.47 Å². The van der Waals surface area contributed by atoms with E-state index in [2.05, 4.69) is 10.4 Å². The van der Waals surface area contributed by atoms with Crippen LogP contribution < -0.4 is 10.9 Å². The van der Waals surface area contributed by atoms with Crippen LogP contribution in [0.3, 0.4) is 0 Å². The number of halogens is 1. The molecular weight excluding hydrogens is 330 g/mol. The standard InChI is InChI=1S/C17H26ClN3O3/c1-23-15-7-8-24-11-12(15)9-19-14-10-20-21(17(22)16(14)18)13-5-3-2-4-6-13/h10,12-13,15,19H,2-9,11H2,1H3/t12-,15+/m1/s1. The normalized spacial score (nSPS) is 25.6. The number of anilines is 1. The molecule has 24 heavy (non-hydrogen) atoms. The minimum atomic E-state index is -0.197. The van der Waals surface area contributed by atoms with E-state index in [0.717, 1.165) is 38.7 Å². The molecular formula is C17H26ClN3O3. The summed E-state index contributed by atoms with van der Waals surface area (Å²) >= 11 is 6.31. The van der Waals surface area contributed by atoms with Crippen LogP contribution >= 0.6 is 11.6 Å². The van der Waals surface area contributed by atoms with Crippen molar-refractivity contribution in [3.8, 4) is 0 Å². The van der Waals surface area contributed by atoms with E-state index in [0.29, 0.717) is 18.8 Å². The van der Waals surface area contributed by atoms with Crippen LogP contribution in [-0.4, -0.2) is 42.8 Å². The SMILES string of the molecule is CO[C@H]1CCOC[C@H]1CNc1cnn(C2CCCCC2)c(=O)c1Cl. The molecule has 2 atom stereocenters. The van der Waals surface area contributed by atoms with E-state index in [1.807, 2.05) is 0 Å². The highest BCUT2D eigenvalue weighted by Gasteiger charge is 2.26. The lowest BCUT2D eigenvalue weighted by Crippen LogP contribution is -2.38. The van der Waals surface area contributed by atoms with E-state index in [1.165, 1.54) is 6.42 Å². The number of hydrogen-bond donors (Lipinski definition) is 1. The van der Waals surface area contributed by atoms with Crippen LogP contribution in [0.15, 0.2) is 11.0 Å². The molecule has 1 N–H and O–H groups in total. The average molecular weight is 356 g/mol. The van der Waals surface area contributed by atoms with Crippen LogP contribution in [-0.2, 0) is 9.47 Å². The predicted octanol–water partition coefficient (Wildman–Crippen LogP) is 2.87. The van der Waals surface area contributed by atoms with Gasteiger partial charge in [-0.1, -0.05) is 30.9 Å². The summed E-state index contributed by atoms with van der Waals surface area (Å²) in [6, 6.07) is 0.183. The van der Waals surface area contributed by atoms with Gasteiger partial charge in [0, 0.05) is 26.2 Å². The first-order valence-corrected chi connectivity index (χ1v) is 9.20. The fourth-order valence-electron chi connectivity index (χ4n) is 3.67. The third kappa shape index (κ3) is 3.92. The minimum absolute atomic E-state index is 0.167. The van der Waals surface area contributed by atoms with Crippen LogP contribution in [0.2, 0.25) is 5.02 Å². The first kappa shape index (κ1) is 17.7. The Labute approximate surface area is 147 Å². The van der Waals surface area contributed by atoms with Crippen molar-refractivity contribution in [3.63, 3.8) is 0 Å². The highest BCUT2D eigenvalue weighted by molar-refractivity contribution is 6.32. The van der Waals surface area contributed by atoms with Gasteiger partial charge in [-0.2, -0.15) is 5.10 Å². The van der Waals surface area contributed by atoms with Gasteiger partial charge in [-0.25, -0.2) is 4.68 Å². The third-order valence-corrected chi connectivity index (χ3v) is 5.49. The van der Waals surface area contributed by atoms with E-state index in [1.54, 1.807) is 18.0 Å². The van der Waals surface area contributed by atoms with E-state index >= 15 is 0 Å². The first-order valence-electron chi connectivity index (χ1n) is 8.82. The van der Waals surface area contributed by atoms with Crippen LogP contribution in [0.4, 0.5) is 5.69 Å². The maximum atomic E-state index is 12.5. The molecule has 2 aliphatic rings. The molecule has 7 heteroatoms. The molecule has 0 unspecified atom stereocenters. The van der Waals surface area contributed by atoms with Gasteiger partial charge in [0.15, 0.2) is 0 Å². The van der Waals surface area contributed by atoms with Gasteiger partial charge in [-0.15, -0.1) is 0 Å². The fourth-order valence-corrected chi connectivity index (χ4v) is 3.87. The van der Waals surface area contributed by atoms with Gasteiger partial charge >= 0.3 is 0 Å². The van der Waals surface area contributed by atoms with Crippen molar-refractivity contribution in [2.45, 2.75) is 50.7 Å². The summed E-state index contributed by atoms with van der Waals surface area (Å²) in [7, 11) is 1.73. The maximum Gasteiger partial charge on any atom is 0.287 e. The molecule has 1 saturated carbocycles. The molecule has 0 bridgehead atoms. The molecule has 1 aliphatic heterocycles. The molecule has 134 valence electrons. The van der Waals surface area contributed by atoms with E-state index in [4.69, 9.17) is 21.1 Å². The highest BCUT2D eigenvalue weighted by Crippen LogP contribution is 2.27. The number of nitrogens with one attached hydrogen (secondary N) is 1. The molecule has 0 aromatic carbocycles. The summed E-state index contributed by atoms with van der Waals surface area (Å²) in [4.78, 5) is 12.5. The Morgan fingerprint density at radius 2 is 2.17 bits per heavy atom. The predicted molar refractivity (Wildman–Crippen MR) is 93.8 cm³/mol. The van der Waals surface area contributed by atoms with E-state index in [-0.39, 0.29) is 28.6 Å². The Kier molecular flexibility index (Phi) is 6.14. The van der Waals surface area contributed by atoms with Crippen molar-refractivity contribution in [2.24, 2.45) is 5.92 Å². The van der Waals surface area contributed by atoms with Crippen LogP contribution in [0.25, 0.3) is 0 Å². The summed E-state index contributed by atoms with van der Waals surface area (Å²) in [6.45, 7) is 2.03. The molecule has 6 nitrogen and oxygen atoms in total. The largest absolute Gasteiger partial charge is 0.382 e. The Morgan fingerprint density at radius 1 is 1.38 bits per heavy atom. The zero-order chi connectivity index (χ0) is 16.9. The van der Waals surface area contributed by atoms with Gasteiger partial charge in [0.25, 0.3) is 5.56 Å². The number of rotatable bonds is 5. The van der Waals surface area contributed by atoms with E-state index in [9.17, 15) is 4.79 Å². The molecule has 2 heterocycles. The van der Waals surface area contributed by atoms with E-state index < -0.39 is 0 Å². The summed E-state index contributed by atoms with van der Waals surface area (Å²) < 4.78 is 12.6. The molecule has 1 aromatic rings. The minimum Gasteiger partial charge on any atom is -0.382 e. The second kappa shape index (κ2) is 8.32. The van der Waals surface area contributed by atoms with Gasteiger partial charge < -0.3 is 14.8 Å². The first-order chi connectivity index (χ1) is 11.7. The lowest BCUT2D eigenvalue weighted by Gasteiger charge is -2.30. The summed E-state index contributed by atoms with van der Waals surface area (Å²) in [5.41, 5.74) is 0.394. The average Bonchev–Trinajstić information content (AvgIpc) is 2.64. The summed E-state index contributed by atoms with van der Waals surface area (Å²) in [6.07, 6.45) is 8.27. The van der Waals surface area contributed by atoms with Crippen molar-refractivity contribution in [3.05, 3.63) is 21.6 Å². The lowest BCUT2D eigenvalue weighted by molar-refractivity contribution is -0.0512. The Balaban J connectivity index is 1.68. The number of aromatic nitrogens is 2. The van der Waals surface area contributed by atoms with Crippen molar-refractivity contribution >= 4 is 17.3 Å². The fraction of sp³-hybridized carbons (Fsp3) is 0.765. The molecule has 0 amide bonds. The number of methoxy groups -OCH3 is 1. The quantitative estimate of drug-likeness (QED) is 0.879. The summed E-state index contributed by atoms with van der Waals surface area (Å²) in [5, 5.41) is 7.83. The topological polar surface area (TPSA) is 65.4 Å². The molecule has 0 spiro atoms. The van der Waals surface area contributed by atoms with Crippen LogP contribution in [0, 0.1) is 5.92 Å². The van der Waals surface area contributed by atoms with Gasteiger partial charge in [0.05, 0.1) is 30.6 Å². The number of hydrogen-bond acceptors (Lipinski definition) is 5. The monoisotopic (exact) mass is 355 g/mol. The zero-order valence-electron chi connectivity index (χ0n) is 14.2. The lowest BCUT2D eigenvalue weighted by atomic mass is 9.96. The number of nitrogens with zero attached hydrogens (tertiary/aromatic N) is 2. The van der Waals surface area contributed by atoms with Gasteiger partial charge in [-0.3, -0.25) is 4.79 Å². The molecule has 3 rings (SSSR count). The Hall–Kier alpha value is -1.11. The summed E-state index contributed by atoms with van der Waals surface area (Å²) in [5.74, 6) is 0.237. The second-order valence-electron chi connectivity index (χ2n) is 6.69.